The number of H-pyrrole nitrogens is 1. The Morgan fingerprint density at radius 2 is 2.12 bits per heavy atom. The van der Waals surface area contributed by atoms with Crippen molar-refractivity contribution >= 4 is 17.5 Å². The Hall–Kier alpha value is -1.74. The van der Waals surface area contributed by atoms with Gasteiger partial charge in [0.25, 0.3) is 5.91 Å². The van der Waals surface area contributed by atoms with Crippen molar-refractivity contribution in [2.45, 2.75) is 6.54 Å². The van der Waals surface area contributed by atoms with Gasteiger partial charge >= 0.3 is 0 Å². The van der Waals surface area contributed by atoms with Crippen LogP contribution in [-0.4, -0.2) is 22.8 Å². The minimum Gasteiger partial charge on any atom is -0.357 e. The maximum atomic E-state index is 12.1. The molecule has 17 heavy (non-hydrogen) atoms. The van der Waals surface area contributed by atoms with Crippen LogP contribution in [0, 0.1) is 0 Å². The van der Waals surface area contributed by atoms with Crippen molar-refractivity contribution in [2.75, 3.05) is 7.05 Å². The maximum absolute atomic E-state index is 12.1. The van der Waals surface area contributed by atoms with Crippen LogP contribution in [0.15, 0.2) is 30.5 Å². The SMILES string of the molecule is CN1Cc2ccc(Cl)cc2-c2cc[nH]c2C1=O. The first-order chi connectivity index (χ1) is 8.16. The lowest BCUT2D eigenvalue weighted by Gasteiger charge is -2.14. The fourth-order valence-corrected chi connectivity index (χ4v) is 2.40. The van der Waals surface area contributed by atoms with E-state index in [9.17, 15) is 4.79 Å². The van der Waals surface area contributed by atoms with E-state index in [1.165, 1.54) is 0 Å². The predicted molar refractivity (Wildman–Crippen MR) is 67.0 cm³/mol. The van der Waals surface area contributed by atoms with Gasteiger partial charge in [0.2, 0.25) is 0 Å². The van der Waals surface area contributed by atoms with Gasteiger partial charge in [0, 0.05) is 30.4 Å². The molecule has 0 saturated carbocycles. The van der Waals surface area contributed by atoms with Crippen LogP contribution >= 0.6 is 11.6 Å². The first kappa shape index (κ1) is 10.4. The van der Waals surface area contributed by atoms with Gasteiger partial charge in [-0.3, -0.25) is 4.79 Å². The molecule has 2 aromatic rings. The quantitative estimate of drug-likeness (QED) is 0.762. The summed E-state index contributed by atoms with van der Waals surface area (Å²) in [6.45, 7) is 0.605. The number of hydrogen-bond donors (Lipinski definition) is 1. The minimum absolute atomic E-state index is 0.0114. The van der Waals surface area contributed by atoms with E-state index in [4.69, 9.17) is 11.6 Å². The largest absolute Gasteiger partial charge is 0.357 e. The number of rotatable bonds is 0. The molecule has 4 heteroatoms. The van der Waals surface area contributed by atoms with Crippen LogP contribution in [0.1, 0.15) is 16.1 Å². The highest BCUT2D eigenvalue weighted by molar-refractivity contribution is 6.31. The van der Waals surface area contributed by atoms with Crippen LogP contribution in [0.25, 0.3) is 11.1 Å². The van der Waals surface area contributed by atoms with Gasteiger partial charge in [-0.2, -0.15) is 0 Å². The number of aromatic amines is 1. The summed E-state index contributed by atoms with van der Waals surface area (Å²) in [5.41, 5.74) is 3.71. The number of nitrogens with zero attached hydrogens (tertiary/aromatic N) is 1. The zero-order valence-electron chi connectivity index (χ0n) is 9.33. The molecular formula is C13H11ClN2O. The Kier molecular flexibility index (Phi) is 2.23. The molecule has 2 heterocycles. The molecule has 0 fully saturated rings. The van der Waals surface area contributed by atoms with Crippen molar-refractivity contribution in [1.29, 1.82) is 0 Å². The number of halogens is 1. The molecule has 3 nitrogen and oxygen atoms in total. The molecule has 3 rings (SSSR count). The highest BCUT2D eigenvalue weighted by atomic mass is 35.5. The van der Waals surface area contributed by atoms with Crippen LogP contribution in [0.4, 0.5) is 0 Å². The van der Waals surface area contributed by atoms with Gasteiger partial charge in [-0.05, 0) is 29.3 Å². The topological polar surface area (TPSA) is 36.1 Å². The summed E-state index contributed by atoms with van der Waals surface area (Å²) in [7, 11) is 1.80. The average molecular weight is 247 g/mol. The molecule has 86 valence electrons. The van der Waals surface area contributed by atoms with Crippen molar-refractivity contribution in [2.24, 2.45) is 0 Å². The van der Waals surface area contributed by atoms with Gasteiger partial charge in [-0.1, -0.05) is 17.7 Å². The number of amides is 1. The molecule has 0 radical (unpaired) electrons. The van der Waals surface area contributed by atoms with E-state index in [1.807, 2.05) is 24.3 Å². The summed E-state index contributed by atoms with van der Waals surface area (Å²) in [4.78, 5) is 16.8. The second kappa shape index (κ2) is 3.64. The number of nitrogens with one attached hydrogen (secondary N) is 1. The number of hydrogen-bond acceptors (Lipinski definition) is 1. The normalized spacial score (nSPS) is 14.2. The lowest BCUT2D eigenvalue weighted by molar-refractivity contribution is 0.0783. The standard InChI is InChI=1S/C13H11ClN2O/c1-16-7-8-2-3-9(14)6-11(8)10-4-5-15-12(10)13(16)17/h2-6,15H,7H2,1H3. The Balaban J connectivity index is 2.31. The van der Waals surface area contributed by atoms with Crippen molar-refractivity contribution in [3.05, 3.63) is 46.7 Å². The van der Waals surface area contributed by atoms with Gasteiger partial charge in [0.05, 0.1) is 0 Å². The summed E-state index contributed by atoms with van der Waals surface area (Å²) >= 11 is 6.03. The first-order valence-electron chi connectivity index (χ1n) is 5.38. The molecule has 0 spiro atoms. The zero-order valence-corrected chi connectivity index (χ0v) is 10.1. The van der Waals surface area contributed by atoms with E-state index < -0.39 is 0 Å². The Labute approximate surface area is 104 Å². The zero-order chi connectivity index (χ0) is 12.0. The summed E-state index contributed by atoms with van der Waals surface area (Å²) in [5.74, 6) is 0.0114. The minimum atomic E-state index is 0.0114. The van der Waals surface area contributed by atoms with Crippen LogP contribution in [-0.2, 0) is 6.54 Å². The number of fused-ring (bicyclic) bond motifs is 3. The monoisotopic (exact) mass is 246 g/mol. The molecule has 1 aromatic heterocycles. The van der Waals surface area contributed by atoms with E-state index in [1.54, 1.807) is 18.1 Å². The van der Waals surface area contributed by atoms with Crippen LogP contribution < -0.4 is 0 Å². The summed E-state index contributed by atoms with van der Waals surface area (Å²) in [6.07, 6.45) is 1.78. The van der Waals surface area contributed by atoms with Crippen molar-refractivity contribution in [3.63, 3.8) is 0 Å². The van der Waals surface area contributed by atoms with E-state index in [-0.39, 0.29) is 5.91 Å². The number of benzene rings is 1. The van der Waals surface area contributed by atoms with E-state index in [2.05, 4.69) is 4.98 Å². The van der Waals surface area contributed by atoms with E-state index >= 15 is 0 Å². The lowest BCUT2D eigenvalue weighted by Crippen LogP contribution is -2.25. The maximum Gasteiger partial charge on any atom is 0.270 e. The number of aromatic nitrogens is 1. The third-order valence-electron chi connectivity index (χ3n) is 3.08. The third kappa shape index (κ3) is 1.54. The predicted octanol–water partition coefficient (Wildman–Crippen LogP) is 2.92. The Bertz CT molecular complexity index is 603. The molecule has 1 aromatic carbocycles. The Morgan fingerprint density at radius 1 is 1.29 bits per heavy atom. The second-order valence-corrected chi connectivity index (χ2v) is 4.67. The molecule has 1 aliphatic rings. The highest BCUT2D eigenvalue weighted by Crippen LogP contribution is 2.33. The van der Waals surface area contributed by atoms with Crippen LogP contribution in [0.3, 0.4) is 0 Å². The smallest absolute Gasteiger partial charge is 0.270 e. The average Bonchev–Trinajstić information content (AvgIpc) is 2.75. The van der Waals surface area contributed by atoms with Gasteiger partial charge in [0.15, 0.2) is 0 Å². The van der Waals surface area contributed by atoms with Crippen molar-refractivity contribution in [3.8, 4) is 11.1 Å². The Morgan fingerprint density at radius 3 is 2.94 bits per heavy atom. The molecule has 0 saturated heterocycles. The fourth-order valence-electron chi connectivity index (χ4n) is 2.23. The lowest BCUT2D eigenvalue weighted by atomic mass is 10.0. The van der Waals surface area contributed by atoms with E-state index in [0.717, 1.165) is 16.7 Å². The highest BCUT2D eigenvalue weighted by Gasteiger charge is 2.24. The van der Waals surface area contributed by atoms with Crippen molar-refractivity contribution in [1.82, 2.24) is 9.88 Å². The molecule has 0 unspecified atom stereocenters. The molecule has 1 amide bonds. The van der Waals surface area contributed by atoms with Gasteiger partial charge in [-0.15, -0.1) is 0 Å². The van der Waals surface area contributed by atoms with Gasteiger partial charge in [-0.25, -0.2) is 0 Å². The van der Waals surface area contributed by atoms with Gasteiger partial charge < -0.3 is 9.88 Å². The molecular weight excluding hydrogens is 236 g/mol. The second-order valence-electron chi connectivity index (χ2n) is 4.23. The van der Waals surface area contributed by atoms with E-state index in [0.29, 0.717) is 17.3 Å². The number of carbonyl (C=O) groups is 1. The van der Waals surface area contributed by atoms with Crippen LogP contribution in [0.5, 0.6) is 0 Å². The summed E-state index contributed by atoms with van der Waals surface area (Å²) < 4.78 is 0. The summed E-state index contributed by atoms with van der Waals surface area (Å²) in [6, 6.07) is 7.66. The molecule has 0 bridgehead atoms. The number of carbonyl (C=O) groups excluding carboxylic acids is 1. The molecule has 1 aliphatic heterocycles. The summed E-state index contributed by atoms with van der Waals surface area (Å²) in [5, 5.41) is 0.688. The fraction of sp³-hybridized carbons (Fsp3) is 0.154. The first-order valence-corrected chi connectivity index (χ1v) is 5.76. The molecule has 1 N–H and O–H groups in total. The van der Waals surface area contributed by atoms with Gasteiger partial charge in [0.1, 0.15) is 5.69 Å². The molecule has 0 aliphatic carbocycles. The van der Waals surface area contributed by atoms with Crippen LogP contribution in [0.2, 0.25) is 5.02 Å². The third-order valence-corrected chi connectivity index (χ3v) is 3.31. The molecule has 0 atom stereocenters. The van der Waals surface area contributed by atoms with Crippen molar-refractivity contribution < 1.29 is 4.79 Å².